The van der Waals surface area contributed by atoms with E-state index in [0.29, 0.717) is 5.92 Å². The Bertz CT molecular complexity index is 533. The Kier molecular flexibility index (Phi) is 11.1. The fraction of sp³-hybridized carbons (Fsp3) is 0.650. The quantitative estimate of drug-likeness (QED) is 0.360. The molecule has 1 aliphatic rings. The van der Waals surface area contributed by atoms with Gasteiger partial charge in [0.15, 0.2) is 5.96 Å². The summed E-state index contributed by atoms with van der Waals surface area (Å²) in [6, 6.07) is 6.68. The fourth-order valence-electron chi connectivity index (χ4n) is 3.44. The molecular formula is C20H34FIN4. The van der Waals surface area contributed by atoms with Crippen LogP contribution in [0.3, 0.4) is 0 Å². The normalized spacial score (nSPS) is 18.5. The van der Waals surface area contributed by atoms with Crippen LogP contribution in [0.5, 0.6) is 0 Å². The third-order valence-corrected chi connectivity index (χ3v) is 4.63. The third-order valence-electron chi connectivity index (χ3n) is 4.63. The number of piperidine rings is 1. The smallest absolute Gasteiger partial charge is 0.190 e. The molecule has 0 radical (unpaired) electrons. The van der Waals surface area contributed by atoms with Crippen molar-refractivity contribution in [2.24, 2.45) is 16.8 Å². The van der Waals surface area contributed by atoms with Crippen molar-refractivity contribution >= 4 is 29.9 Å². The predicted octanol–water partition coefficient (Wildman–Crippen LogP) is 3.52. The van der Waals surface area contributed by atoms with Crippen LogP contribution in [0, 0.1) is 17.7 Å². The molecule has 1 heterocycles. The van der Waals surface area contributed by atoms with Crippen molar-refractivity contribution < 1.29 is 4.39 Å². The Hall–Kier alpha value is -0.890. The van der Waals surface area contributed by atoms with E-state index < -0.39 is 0 Å². The number of aliphatic imine (C=N–C) groups is 1. The van der Waals surface area contributed by atoms with Crippen molar-refractivity contribution in [3.8, 4) is 0 Å². The highest BCUT2D eigenvalue weighted by Gasteiger charge is 2.20. The predicted molar refractivity (Wildman–Crippen MR) is 119 cm³/mol. The summed E-state index contributed by atoms with van der Waals surface area (Å²) in [4.78, 5) is 6.89. The second-order valence-electron chi connectivity index (χ2n) is 7.42. The largest absolute Gasteiger partial charge is 0.356 e. The van der Waals surface area contributed by atoms with E-state index in [1.807, 2.05) is 12.1 Å². The molecule has 148 valence electrons. The molecule has 0 amide bonds. The summed E-state index contributed by atoms with van der Waals surface area (Å²) in [5, 5.41) is 6.81. The molecule has 2 N–H and O–H groups in total. The maximum Gasteiger partial charge on any atom is 0.190 e. The highest BCUT2D eigenvalue weighted by molar-refractivity contribution is 14.0. The number of halogens is 2. The molecule has 1 aromatic rings. The number of nitrogens with zero attached hydrogens (tertiary/aromatic N) is 2. The second kappa shape index (κ2) is 12.5. The van der Waals surface area contributed by atoms with Crippen molar-refractivity contribution in [1.82, 2.24) is 15.5 Å². The zero-order valence-electron chi connectivity index (χ0n) is 16.3. The standard InChI is InChI=1S/C20H33FN4.HI/c1-16(2)14-25-12-4-5-18(15-25)13-24-20(22-3)23-11-10-17-6-8-19(21)9-7-17;/h6-9,16,18H,4-5,10-15H2,1-3H3,(H2,22,23,24);1H. The van der Waals surface area contributed by atoms with Crippen molar-refractivity contribution in [1.29, 1.82) is 0 Å². The van der Waals surface area contributed by atoms with Gasteiger partial charge in [-0.3, -0.25) is 4.99 Å². The molecule has 1 aliphatic heterocycles. The first kappa shape index (κ1) is 23.1. The summed E-state index contributed by atoms with van der Waals surface area (Å²) >= 11 is 0. The van der Waals surface area contributed by atoms with Gasteiger partial charge in [-0.1, -0.05) is 26.0 Å². The third kappa shape index (κ3) is 8.66. The molecule has 0 spiro atoms. The van der Waals surface area contributed by atoms with Gasteiger partial charge in [-0.25, -0.2) is 4.39 Å². The van der Waals surface area contributed by atoms with E-state index in [-0.39, 0.29) is 29.8 Å². The SMILES string of the molecule is CN=C(NCCc1ccc(F)cc1)NCC1CCCN(CC(C)C)C1.I. The van der Waals surface area contributed by atoms with E-state index in [2.05, 4.69) is 34.4 Å². The molecule has 26 heavy (non-hydrogen) atoms. The maximum absolute atomic E-state index is 12.9. The molecule has 0 aromatic heterocycles. The topological polar surface area (TPSA) is 39.7 Å². The Morgan fingerprint density at radius 3 is 2.65 bits per heavy atom. The lowest BCUT2D eigenvalue weighted by molar-refractivity contribution is 0.159. The molecule has 1 atom stereocenters. The van der Waals surface area contributed by atoms with Gasteiger partial charge in [0.05, 0.1) is 0 Å². The summed E-state index contributed by atoms with van der Waals surface area (Å²) in [5.74, 6) is 2.08. The van der Waals surface area contributed by atoms with Crippen molar-refractivity contribution in [2.45, 2.75) is 33.1 Å². The number of hydrogen-bond donors (Lipinski definition) is 2. The van der Waals surface area contributed by atoms with Gasteiger partial charge in [-0.2, -0.15) is 0 Å². The lowest BCUT2D eigenvalue weighted by Crippen LogP contribution is -2.45. The monoisotopic (exact) mass is 476 g/mol. The van der Waals surface area contributed by atoms with E-state index in [0.717, 1.165) is 37.0 Å². The highest BCUT2D eigenvalue weighted by Crippen LogP contribution is 2.16. The minimum absolute atomic E-state index is 0. The average Bonchev–Trinajstić information content (AvgIpc) is 2.59. The van der Waals surface area contributed by atoms with E-state index in [9.17, 15) is 4.39 Å². The molecule has 0 bridgehead atoms. The molecule has 6 heteroatoms. The molecule has 0 aliphatic carbocycles. The minimum atomic E-state index is -0.187. The summed E-state index contributed by atoms with van der Waals surface area (Å²) in [7, 11) is 1.80. The average molecular weight is 476 g/mol. The second-order valence-corrected chi connectivity index (χ2v) is 7.42. The zero-order chi connectivity index (χ0) is 18.1. The Morgan fingerprint density at radius 2 is 2.00 bits per heavy atom. The zero-order valence-corrected chi connectivity index (χ0v) is 18.6. The van der Waals surface area contributed by atoms with Crippen LogP contribution < -0.4 is 10.6 Å². The van der Waals surface area contributed by atoms with Crippen molar-refractivity contribution in [3.63, 3.8) is 0 Å². The van der Waals surface area contributed by atoms with Gasteiger partial charge in [-0.05, 0) is 55.3 Å². The van der Waals surface area contributed by atoms with Crippen LogP contribution >= 0.6 is 24.0 Å². The number of benzene rings is 1. The highest BCUT2D eigenvalue weighted by atomic mass is 127. The number of guanidine groups is 1. The molecule has 1 aromatic carbocycles. The van der Waals surface area contributed by atoms with Gasteiger partial charge in [0.1, 0.15) is 5.82 Å². The van der Waals surface area contributed by atoms with Gasteiger partial charge in [0.2, 0.25) is 0 Å². The van der Waals surface area contributed by atoms with Crippen LogP contribution in [0.15, 0.2) is 29.3 Å². The van der Waals surface area contributed by atoms with Gasteiger partial charge in [0.25, 0.3) is 0 Å². The molecular weight excluding hydrogens is 442 g/mol. The first-order valence-corrected chi connectivity index (χ1v) is 9.48. The molecule has 0 saturated carbocycles. The number of nitrogens with one attached hydrogen (secondary N) is 2. The van der Waals surface area contributed by atoms with Crippen LogP contribution in [0.4, 0.5) is 4.39 Å². The molecule has 1 fully saturated rings. The first-order valence-electron chi connectivity index (χ1n) is 9.48. The van der Waals surface area contributed by atoms with Crippen LogP contribution in [-0.4, -0.2) is 50.6 Å². The lowest BCUT2D eigenvalue weighted by Gasteiger charge is -2.34. The molecule has 1 saturated heterocycles. The Morgan fingerprint density at radius 1 is 1.27 bits per heavy atom. The summed E-state index contributed by atoms with van der Waals surface area (Å²) in [6.45, 7) is 9.93. The molecule has 1 unspecified atom stereocenters. The first-order chi connectivity index (χ1) is 12.1. The van der Waals surface area contributed by atoms with Gasteiger partial charge >= 0.3 is 0 Å². The molecule has 2 rings (SSSR count). The van der Waals surface area contributed by atoms with Crippen molar-refractivity contribution in [3.05, 3.63) is 35.6 Å². The van der Waals surface area contributed by atoms with Gasteiger partial charge < -0.3 is 15.5 Å². The minimum Gasteiger partial charge on any atom is -0.356 e. The van der Waals surface area contributed by atoms with Crippen LogP contribution in [0.1, 0.15) is 32.3 Å². The summed E-state index contributed by atoms with van der Waals surface area (Å²) < 4.78 is 12.9. The number of hydrogen-bond acceptors (Lipinski definition) is 2. The number of rotatable bonds is 7. The van der Waals surface area contributed by atoms with Gasteiger partial charge in [0, 0.05) is 33.2 Å². The summed E-state index contributed by atoms with van der Waals surface area (Å²) in [6.07, 6.45) is 3.43. The van der Waals surface area contributed by atoms with E-state index >= 15 is 0 Å². The Balaban J connectivity index is 0.00000338. The van der Waals surface area contributed by atoms with Crippen molar-refractivity contribution in [2.75, 3.05) is 39.8 Å². The van der Waals surface area contributed by atoms with E-state index in [1.54, 1.807) is 7.05 Å². The van der Waals surface area contributed by atoms with Crippen LogP contribution in [0.25, 0.3) is 0 Å². The molecule has 4 nitrogen and oxygen atoms in total. The van der Waals surface area contributed by atoms with Crippen LogP contribution in [-0.2, 0) is 6.42 Å². The van der Waals surface area contributed by atoms with E-state index in [4.69, 9.17) is 0 Å². The maximum atomic E-state index is 12.9. The fourth-order valence-corrected chi connectivity index (χ4v) is 3.44. The summed E-state index contributed by atoms with van der Waals surface area (Å²) in [5.41, 5.74) is 1.13. The lowest BCUT2D eigenvalue weighted by atomic mass is 9.97. The van der Waals surface area contributed by atoms with Gasteiger partial charge in [-0.15, -0.1) is 24.0 Å². The van der Waals surface area contributed by atoms with Crippen LogP contribution in [0.2, 0.25) is 0 Å². The van der Waals surface area contributed by atoms with E-state index in [1.165, 1.54) is 44.6 Å². The Labute approximate surface area is 175 Å². The number of likely N-dealkylation sites (tertiary alicyclic amines) is 1.